The van der Waals surface area contributed by atoms with Crippen LogP contribution in [0.15, 0.2) is 28.7 Å². The summed E-state index contributed by atoms with van der Waals surface area (Å²) in [5, 5.41) is 9.97. The van der Waals surface area contributed by atoms with Gasteiger partial charge in [0, 0.05) is 17.6 Å². The lowest BCUT2D eigenvalue weighted by atomic mass is 10.1. The highest BCUT2D eigenvalue weighted by Gasteiger charge is 2.19. The molecule has 0 aliphatic rings. The smallest absolute Gasteiger partial charge is 0.372 e. The number of benzene rings is 1. The highest BCUT2D eigenvalue weighted by atomic mass is 16.5. The first kappa shape index (κ1) is 13.6. The van der Waals surface area contributed by atoms with Gasteiger partial charge in [-0.05, 0) is 12.5 Å². The fourth-order valence-electron chi connectivity index (χ4n) is 2.04. The van der Waals surface area contributed by atoms with Crippen molar-refractivity contribution in [1.82, 2.24) is 0 Å². The lowest BCUT2D eigenvalue weighted by molar-refractivity contribution is 0.0652. The van der Waals surface area contributed by atoms with Crippen LogP contribution in [0.3, 0.4) is 0 Å². The van der Waals surface area contributed by atoms with Crippen molar-refractivity contribution in [3.63, 3.8) is 0 Å². The molecule has 102 valence electrons. The number of ether oxygens (including phenoxy) is 1. The summed E-state index contributed by atoms with van der Waals surface area (Å²) in [6.07, 6.45) is 3.25. The monoisotopic (exact) mass is 262 g/mol. The number of carboxylic acid groups (broad SMARTS) is 1. The van der Waals surface area contributed by atoms with Crippen LogP contribution in [0, 0.1) is 0 Å². The maximum atomic E-state index is 11.2. The quantitative estimate of drug-likeness (QED) is 0.770. The Labute approximate surface area is 112 Å². The van der Waals surface area contributed by atoms with E-state index in [9.17, 15) is 4.79 Å². The Kier molecular flexibility index (Phi) is 4.58. The fraction of sp³-hybridized carbons (Fsp3) is 0.400. The molecular weight excluding hydrogens is 244 g/mol. The second-order valence-electron chi connectivity index (χ2n) is 4.47. The van der Waals surface area contributed by atoms with E-state index in [4.69, 9.17) is 14.3 Å². The van der Waals surface area contributed by atoms with Crippen LogP contribution in [0.4, 0.5) is 0 Å². The molecule has 0 spiro atoms. The van der Waals surface area contributed by atoms with Crippen molar-refractivity contribution in [3.05, 3.63) is 35.6 Å². The Morgan fingerprint density at radius 1 is 1.32 bits per heavy atom. The molecule has 0 saturated carbocycles. The highest BCUT2D eigenvalue weighted by molar-refractivity contribution is 5.94. The SMILES string of the molecule is CCCCCOCc1c(C(=O)O)oc2ccccc12. The lowest BCUT2D eigenvalue weighted by Crippen LogP contribution is -2.02. The number of furan rings is 1. The standard InChI is InChI=1S/C15H18O4/c1-2-3-6-9-18-10-12-11-7-4-5-8-13(11)19-14(12)15(16)17/h4-5,7-8H,2-3,6,9-10H2,1H3,(H,16,17). The van der Waals surface area contributed by atoms with Gasteiger partial charge in [0.05, 0.1) is 6.61 Å². The molecule has 4 heteroatoms. The summed E-state index contributed by atoms with van der Waals surface area (Å²) in [5.74, 6) is -1.07. The first-order chi connectivity index (χ1) is 9.24. The average Bonchev–Trinajstić information content (AvgIpc) is 2.78. The van der Waals surface area contributed by atoms with Crippen LogP contribution in [-0.2, 0) is 11.3 Å². The molecule has 0 bridgehead atoms. The van der Waals surface area contributed by atoms with Crippen molar-refractivity contribution in [2.75, 3.05) is 6.61 Å². The Morgan fingerprint density at radius 3 is 2.84 bits per heavy atom. The maximum Gasteiger partial charge on any atom is 0.372 e. The summed E-state index contributed by atoms with van der Waals surface area (Å²) in [7, 11) is 0. The van der Waals surface area contributed by atoms with Gasteiger partial charge in [0.25, 0.3) is 0 Å². The number of aromatic carboxylic acids is 1. The number of carbonyl (C=O) groups is 1. The van der Waals surface area contributed by atoms with Crippen LogP contribution < -0.4 is 0 Å². The number of hydrogen-bond donors (Lipinski definition) is 1. The van der Waals surface area contributed by atoms with Crippen LogP contribution >= 0.6 is 0 Å². The van der Waals surface area contributed by atoms with E-state index >= 15 is 0 Å². The predicted octanol–water partition coefficient (Wildman–Crippen LogP) is 3.84. The van der Waals surface area contributed by atoms with Crippen molar-refractivity contribution in [2.24, 2.45) is 0 Å². The van der Waals surface area contributed by atoms with Crippen molar-refractivity contribution in [1.29, 1.82) is 0 Å². The zero-order chi connectivity index (χ0) is 13.7. The molecule has 0 aliphatic heterocycles. The van der Waals surface area contributed by atoms with Crippen molar-refractivity contribution in [2.45, 2.75) is 32.8 Å². The third kappa shape index (κ3) is 3.15. The number of para-hydroxylation sites is 1. The molecule has 0 aliphatic carbocycles. The van der Waals surface area contributed by atoms with Gasteiger partial charge in [-0.15, -0.1) is 0 Å². The van der Waals surface area contributed by atoms with Gasteiger partial charge in [0.1, 0.15) is 5.58 Å². The van der Waals surface area contributed by atoms with Gasteiger partial charge >= 0.3 is 5.97 Å². The molecule has 1 aromatic carbocycles. The van der Waals surface area contributed by atoms with E-state index in [1.54, 1.807) is 6.07 Å². The fourth-order valence-corrected chi connectivity index (χ4v) is 2.04. The summed E-state index contributed by atoms with van der Waals surface area (Å²) in [6, 6.07) is 7.31. The summed E-state index contributed by atoms with van der Waals surface area (Å²) in [4.78, 5) is 11.2. The first-order valence-electron chi connectivity index (χ1n) is 6.55. The molecule has 0 saturated heterocycles. The van der Waals surface area contributed by atoms with Crippen LogP contribution in [0.25, 0.3) is 11.0 Å². The summed E-state index contributed by atoms with van der Waals surface area (Å²) in [5.41, 5.74) is 1.21. The Bertz CT molecular complexity index is 556. The minimum atomic E-state index is -1.05. The van der Waals surface area contributed by atoms with E-state index in [2.05, 4.69) is 6.92 Å². The number of fused-ring (bicyclic) bond motifs is 1. The molecule has 2 aromatic rings. The molecule has 4 nitrogen and oxygen atoms in total. The van der Waals surface area contributed by atoms with Gasteiger partial charge in [-0.25, -0.2) is 4.79 Å². The van der Waals surface area contributed by atoms with E-state index in [-0.39, 0.29) is 12.4 Å². The largest absolute Gasteiger partial charge is 0.475 e. The van der Waals surface area contributed by atoms with Crippen LogP contribution in [0.2, 0.25) is 0 Å². The zero-order valence-electron chi connectivity index (χ0n) is 11.0. The minimum Gasteiger partial charge on any atom is -0.475 e. The molecule has 0 unspecified atom stereocenters. The predicted molar refractivity (Wildman–Crippen MR) is 72.4 cm³/mol. The average molecular weight is 262 g/mol. The minimum absolute atomic E-state index is 0.0170. The summed E-state index contributed by atoms with van der Waals surface area (Å²) < 4.78 is 10.9. The van der Waals surface area contributed by atoms with Crippen molar-refractivity contribution < 1.29 is 19.1 Å². The van der Waals surface area contributed by atoms with Crippen molar-refractivity contribution in [3.8, 4) is 0 Å². The molecule has 1 N–H and O–H groups in total. The molecule has 0 radical (unpaired) electrons. The van der Waals surface area contributed by atoms with Crippen LogP contribution in [-0.4, -0.2) is 17.7 Å². The first-order valence-corrected chi connectivity index (χ1v) is 6.55. The van der Waals surface area contributed by atoms with Gasteiger partial charge in [-0.2, -0.15) is 0 Å². The highest BCUT2D eigenvalue weighted by Crippen LogP contribution is 2.26. The van der Waals surface area contributed by atoms with E-state index in [1.165, 1.54) is 0 Å². The van der Waals surface area contributed by atoms with Gasteiger partial charge in [-0.1, -0.05) is 38.0 Å². The Balaban J connectivity index is 2.15. The second-order valence-corrected chi connectivity index (χ2v) is 4.47. The third-order valence-electron chi connectivity index (χ3n) is 3.03. The molecule has 19 heavy (non-hydrogen) atoms. The summed E-state index contributed by atoms with van der Waals surface area (Å²) in [6.45, 7) is 3.06. The van der Waals surface area contributed by atoms with E-state index in [1.807, 2.05) is 18.2 Å². The Morgan fingerprint density at radius 2 is 2.11 bits per heavy atom. The van der Waals surface area contributed by atoms with Gasteiger partial charge in [0.2, 0.25) is 5.76 Å². The normalized spacial score (nSPS) is 11.0. The lowest BCUT2D eigenvalue weighted by Gasteiger charge is -2.03. The second kappa shape index (κ2) is 6.38. The Hall–Kier alpha value is -1.81. The van der Waals surface area contributed by atoms with Gasteiger partial charge in [0.15, 0.2) is 0 Å². The molecular formula is C15H18O4. The van der Waals surface area contributed by atoms with E-state index in [0.29, 0.717) is 17.8 Å². The summed E-state index contributed by atoms with van der Waals surface area (Å²) >= 11 is 0. The number of rotatable bonds is 7. The topological polar surface area (TPSA) is 59.7 Å². The molecule has 1 heterocycles. The third-order valence-corrected chi connectivity index (χ3v) is 3.03. The van der Waals surface area contributed by atoms with Gasteiger partial charge < -0.3 is 14.3 Å². The molecule has 0 amide bonds. The maximum absolute atomic E-state index is 11.2. The number of hydrogen-bond acceptors (Lipinski definition) is 3. The zero-order valence-corrected chi connectivity index (χ0v) is 11.0. The number of unbranched alkanes of at least 4 members (excludes halogenated alkanes) is 2. The molecule has 0 atom stereocenters. The molecule has 1 aromatic heterocycles. The van der Waals surface area contributed by atoms with Crippen molar-refractivity contribution >= 4 is 16.9 Å². The molecule has 2 rings (SSSR count). The van der Waals surface area contributed by atoms with E-state index in [0.717, 1.165) is 24.6 Å². The molecule has 0 fully saturated rings. The van der Waals surface area contributed by atoms with Crippen LogP contribution in [0.5, 0.6) is 0 Å². The van der Waals surface area contributed by atoms with E-state index < -0.39 is 5.97 Å². The van der Waals surface area contributed by atoms with Crippen LogP contribution in [0.1, 0.15) is 42.3 Å². The van der Waals surface area contributed by atoms with Gasteiger partial charge in [-0.3, -0.25) is 0 Å². The number of carboxylic acids is 1.